The van der Waals surface area contributed by atoms with Crippen molar-refractivity contribution in [1.82, 2.24) is 0 Å². The molecule has 0 aromatic carbocycles. The highest BCUT2D eigenvalue weighted by atomic mass is 16.3. The van der Waals surface area contributed by atoms with E-state index in [4.69, 9.17) is 0 Å². The van der Waals surface area contributed by atoms with Crippen molar-refractivity contribution in [1.29, 1.82) is 0 Å². The maximum absolute atomic E-state index is 13.0. The summed E-state index contributed by atoms with van der Waals surface area (Å²) < 4.78 is 0. The molecule has 13 atom stereocenters. The average molecular weight is 473 g/mol. The van der Waals surface area contributed by atoms with Gasteiger partial charge in [0.25, 0.3) is 0 Å². The Morgan fingerprint density at radius 2 is 1.74 bits per heavy atom. The zero-order chi connectivity index (χ0) is 24.8. The van der Waals surface area contributed by atoms with Crippen molar-refractivity contribution in [2.75, 3.05) is 0 Å². The topological polar surface area (TPSA) is 77.8 Å². The van der Waals surface area contributed by atoms with Crippen LogP contribution in [0.25, 0.3) is 0 Å². The molecule has 0 aromatic heterocycles. The van der Waals surface area contributed by atoms with E-state index in [2.05, 4.69) is 47.6 Å². The Morgan fingerprint density at radius 3 is 2.38 bits per heavy atom. The van der Waals surface area contributed by atoms with Crippen LogP contribution in [0.2, 0.25) is 0 Å². The smallest absolute Gasteiger partial charge is 0.126 e. The van der Waals surface area contributed by atoms with Gasteiger partial charge in [0, 0.05) is 17.3 Å². The van der Waals surface area contributed by atoms with Gasteiger partial charge in [0.1, 0.15) is 6.29 Å². The number of hydrogen-bond acceptors (Lipinski definition) is 4. The van der Waals surface area contributed by atoms with E-state index in [-0.39, 0.29) is 17.8 Å². The third-order valence-electron chi connectivity index (χ3n) is 12.7. The lowest BCUT2D eigenvalue weighted by molar-refractivity contribution is -0.167. The van der Waals surface area contributed by atoms with Gasteiger partial charge in [-0.05, 0) is 91.3 Å². The zero-order valence-corrected chi connectivity index (χ0v) is 22.2. The van der Waals surface area contributed by atoms with Gasteiger partial charge < -0.3 is 20.1 Å². The minimum atomic E-state index is -0.644. The summed E-state index contributed by atoms with van der Waals surface area (Å²) in [5.74, 6) is 3.32. The normalized spacial score (nSPS) is 53.9. The molecule has 0 unspecified atom stereocenters. The van der Waals surface area contributed by atoms with Crippen molar-refractivity contribution in [3.05, 3.63) is 11.6 Å². The zero-order valence-electron chi connectivity index (χ0n) is 22.2. The summed E-state index contributed by atoms with van der Waals surface area (Å²) in [6.45, 7) is 14.0. The van der Waals surface area contributed by atoms with E-state index >= 15 is 0 Å². The summed E-state index contributed by atoms with van der Waals surface area (Å²) in [4.78, 5) is 13.0. The maximum Gasteiger partial charge on any atom is 0.126 e. The van der Waals surface area contributed by atoms with Crippen LogP contribution in [0.5, 0.6) is 0 Å². The molecule has 5 aliphatic carbocycles. The summed E-state index contributed by atoms with van der Waals surface area (Å²) in [5, 5.41) is 33.1. The molecule has 4 fully saturated rings. The molecule has 0 spiro atoms. The number of carbonyl (C=O) groups is 1. The van der Waals surface area contributed by atoms with Crippen LogP contribution in [-0.2, 0) is 4.79 Å². The summed E-state index contributed by atoms with van der Waals surface area (Å²) in [6, 6.07) is 0. The Kier molecular flexibility index (Phi) is 5.98. The van der Waals surface area contributed by atoms with Crippen molar-refractivity contribution in [2.45, 2.75) is 105 Å². The second-order valence-corrected chi connectivity index (χ2v) is 14.0. The average Bonchev–Trinajstić information content (AvgIpc) is 3.33. The minimum absolute atomic E-state index is 0.0331. The summed E-state index contributed by atoms with van der Waals surface area (Å²) in [7, 11) is 0. The van der Waals surface area contributed by atoms with E-state index in [0.29, 0.717) is 54.3 Å². The number of carbonyl (C=O) groups excluding carboxylic acids is 1. The molecule has 0 saturated heterocycles. The van der Waals surface area contributed by atoms with Crippen LogP contribution in [0.1, 0.15) is 86.5 Å². The first-order chi connectivity index (χ1) is 15.9. The van der Waals surface area contributed by atoms with Gasteiger partial charge >= 0.3 is 0 Å². The highest BCUT2D eigenvalue weighted by Gasteiger charge is 2.67. The fourth-order valence-electron chi connectivity index (χ4n) is 10.3. The van der Waals surface area contributed by atoms with E-state index in [1.807, 2.05) is 0 Å². The van der Waals surface area contributed by atoms with Crippen molar-refractivity contribution in [2.24, 2.45) is 63.6 Å². The van der Waals surface area contributed by atoms with Gasteiger partial charge in [0.2, 0.25) is 0 Å². The molecule has 34 heavy (non-hydrogen) atoms. The molecule has 192 valence electrons. The molecule has 0 radical (unpaired) electrons. The van der Waals surface area contributed by atoms with Gasteiger partial charge in [-0.1, -0.05) is 53.2 Å². The number of aliphatic hydroxyl groups is 3. The Labute approximate surface area is 206 Å². The Morgan fingerprint density at radius 1 is 1.03 bits per heavy atom. The number of fused-ring (bicyclic) bond motifs is 5. The number of aldehydes is 1. The largest absolute Gasteiger partial charge is 0.393 e. The molecule has 4 nitrogen and oxygen atoms in total. The highest BCUT2D eigenvalue weighted by molar-refractivity contribution is 5.62. The summed E-state index contributed by atoms with van der Waals surface area (Å²) in [5.41, 5.74) is 0.555. The Bertz CT molecular complexity index is 851. The van der Waals surface area contributed by atoms with Crippen molar-refractivity contribution >= 4 is 6.29 Å². The van der Waals surface area contributed by atoms with Crippen LogP contribution >= 0.6 is 0 Å². The Balaban J connectivity index is 1.44. The molecule has 4 heteroatoms. The molecule has 0 aliphatic heterocycles. The molecule has 5 rings (SSSR count). The molecular formula is C30H48O4. The first kappa shape index (κ1) is 25.0. The highest BCUT2D eigenvalue weighted by Crippen LogP contribution is 2.70. The number of aliphatic hydroxyl groups excluding tert-OH is 3. The molecular weight excluding hydrogens is 424 g/mol. The maximum atomic E-state index is 13.0. The second-order valence-electron chi connectivity index (χ2n) is 14.0. The van der Waals surface area contributed by atoms with E-state index in [1.165, 1.54) is 12.7 Å². The lowest BCUT2D eigenvalue weighted by atomic mass is 9.45. The molecule has 0 aromatic rings. The predicted molar refractivity (Wildman–Crippen MR) is 134 cm³/mol. The van der Waals surface area contributed by atoms with E-state index < -0.39 is 29.1 Å². The lowest BCUT2D eigenvalue weighted by Gasteiger charge is -2.60. The minimum Gasteiger partial charge on any atom is -0.393 e. The van der Waals surface area contributed by atoms with Gasteiger partial charge in [0.05, 0.1) is 18.3 Å². The molecule has 0 bridgehead atoms. The van der Waals surface area contributed by atoms with Crippen molar-refractivity contribution in [3.8, 4) is 0 Å². The van der Waals surface area contributed by atoms with Crippen LogP contribution in [0.4, 0.5) is 0 Å². The van der Waals surface area contributed by atoms with E-state index in [1.54, 1.807) is 0 Å². The third kappa shape index (κ3) is 3.23. The van der Waals surface area contributed by atoms with Crippen LogP contribution in [0.15, 0.2) is 11.6 Å². The molecule has 0 heterocycles. The van der Waals surface area contributed by atoms with E-state index in [9.17, 15) is 20.1 Å². The third-order valence-corrected chi connectivity index (χ3v) is 12.7. The molecule has 5 aliphatic rings. The SMILES string of the molecule is CC(C)[C@@H](C)[C@@]1(C)C[C@H]1[C@@H](C)[C@H]1CC[C@H]2[C@@H]3CC=C4C[C@@H](O)C[C@H](O)[C@]4(C)[C@H]3[C@H](O)C[C@]12C=O. The lowest BCUT2D eigenvalue weighted by Crippen LogP contribution is -2.61. The van der Waals surface area contributed by atoms with Crippen molar-refractivity contribution in [3.63, 3.8) is 0 Å². The molecule has 0 amide bonds. The van der Waals surface area contributed by atoms with Crippen LogP contribution < -0.4 is 0 Å². The molecule has 4 saturated carbocycles. The fraction of sp³-hybridized carbons (Fsp3) is 0.900. The van der Waals surface area contributed by atoms with Gasteiger partial charge in [-0.2, -0.15) is 0 Å². The van der Waals surface area contributed by atoms with Gasteiger partial charge in [0.15, 0.2) is 0 Å². The summed E-state index contributed by atoms with van der Waals surface area (Å²) in [6.07, 6.45) is 7.56. The standard InChI is InChI=1S/C30H48O4/c1-16(2)18(4)28(5)13-24(28)17(3)22-9-10-23-21-8-7-19-11-20(32)12-26(34)29(19,6)27(21)25(33)14-30(22,23)15-31/h7,15-18,20-27,32-34H,8-14H2,1-6H3/t17-,18+,20+,21-,22+,23-,24-,25+,26-,27+,28+,29+,30-/m0/s1. The van der Waals surface area contributed by atoms with Gasteiger partial charge in [-0.25, -0.2) is 0 Å². The van der Waals surface area contributed by atoms with Gasteiger partial charge in [-0.15, -0.1) is 0 Å². The predicted octanol–water partition coefficient (Wildman–Crippen LogP) is 5.00. The first-order valence-corrected chi connectivity index (χ1v) is 14.1. The fourth-order valence-corrected chi connectivity index (χ4v) is 10.3. The van der Waals surface area contributed by atoms with Crippen molar-refractivity contribution < 1.29 is 20.1 Å². The number of rotatable bonds is 5. The number of allylic oxidation sites excluding steroid dienone is 1. The Hall–Kier alpha value is -0.710. The number of hydrogen-bond donors (Lipinski definition) is 3. The van der Waals surface area contributed by atoms with Crippen LogP contribution in [-0.4, -0.2) is 39.9 Å². The quantitative estimate of drug-likeness (QED) is 0.389. The van der Waals surface area contributed by atoms with E-state index in [0.717, 1.165) is 24.8 Å². The van der Waals surface area contributed by atoms with Crippen LogP contribution in [0.3, 0.4) is 0 Å². The van der Waals surface area contributed by atoms with Crippen LogP contribution in [0, 0.1) is 63.6 Å². The second kappa shape index (κ2) is 8.15. The first-order valence-electron chi connectivity index (χ1n) is 14.1. The monoisotopic (exact) mass is 472 g/mol. The molecule has 3 N–H and O–H groups in total. The van der Waals surface area contributed by atoms with Gasteiger partial charge in [-0.3, -0.25) is 0 Å². The summed E-state index contributed by atoms with van der Waals surface area (Å²) >= 11 is 0.